The summed E-state index contributed by atoms with van der Waals surface area (Å²) in [5, 5.41) is 0. The normalized spacial score (nSPS) is 12.1. The highest BCUT2D eigenvalue weighted by Crippen LogP contribution is 2.14. The van der Waals surface area contributed by atoms with E-state index in [0.29, 0.717) is 26.1 Å². The topological polar surface area (TPSA) is 61.8 Å². The lowest BCUT2D eigenvalue weighted by atomic mass is 10.1. The molecule has 0 saturated heterocycles. The van der Waals surface area contributed by atoms with E-state index >= 15 is 0 Å². The fourth-order valence-corrected chi connectivity index (χ4v) is 6.09. The van der Waals surface area contributed by atoms with Gasteiger partial charge in [-0.25, -0.2) is 0 Å². The predicted octanol–water partition coefficient (Wildman–Crippen LogP) is 13.6. The minimum Gasteiger partial charge on any atom is -0.462 e. The Hall–Kier alpha value is -1.36. The highest BCUT2D eigenvalue weighted by atomic mass is 16.6. The molecular weight excluding hydrogens is 596 g/mol. The fraction of sp³-hybridized carbons (Fsp3) is 0.907. The van der Waals surface area contributed by atoms with Crippen LogP contribution in [-0.4, -0.2) is 37.9 Å². The van der Waals surface area contributed by atoms with Gasteiger partial charge in [0, 0.05) is 19.4 Å². The zero-order valence-corrected chi connectivity index (χ0v) is 32.5. The molecule has 0 aliphatic heterocycles. The van der Waals surface area contributed by atoms with Crippen LogP contribution in [-0.2, 0) is 23.8 Å². The van der Waals surface area contributed by atoms with Crippen molar-refractivity contribution in [3.05, 3.63) is 12.2 Å². The molecule has 0 aliphatic carbocycles. The van der Waals surface area contributed by atoms with Gasteiger partial charge in [0.1, 0.15) is 6.61 Å². The number of carbonyl (C=O) groups is 2. The second-order valence-electron chi connectivity index (χ2n) is 14.3. The molecule has 0 aromatic carbocycles. The largest absolute Gasteiger partial charge is 0.462 e. The molecule has 5 nitrogen and oxygen atoms in total. The van der Waals surface area contributed by atoms with Crippen LogP contribution in [0.2, 0.25) is 0 Å². The molecule has 0 amide bonds. The maximum atomic E-state index is 12.6. The summed E-state index contributed by atoms with van der Waals surface area (Å²) < 4.78 is 17.2. The van der Waals surface area contributed by atoms with Crippen LogP contribution in [0.15, 0.2) is 12.2 Å². The Morgan fingerprint density at radius 3 is 1.27 bits per heavy atom. The number of ether oxygens (including phenoxy) is 3. The third kappa shape index (κ3) is 37.5. The average molecular weight is 679 g/mol. The zero-order chi connectivity index (χ0) is 35.0. The van der Waals surface area contributed by atoms with Gasteiger partial charge >= 0.3 is 11.9 Å². The molecule has 0 spiro atoms. The maximum Gasteiger partial charge on any atom is 0.306 e. The molecule has 0 heterocycles. The monoisotopic (exact) mass is 679 g/mol. The molecule has 1 atom stereocenters. The standard InChI is InChI=1S/C43H82O5/c1-4-7-10-13-16-18-20-21-22-23-25-26-28-30-33-36-42(44)47-40-41(39-46-38-35-32-15-12-9-6-3)48-43(45)37-34-31-29-27-24-19-17-14-11-8-5-2/h21-22,41H,4-20,23-40H2,1-3H3/b22-21-. The molecule has 0 bridgehead atoms. The van der Waals surface area contributed by atoms with Crippen LogP contribution in [0.4, 0.5) is 0 Å². The van der Waals surface area contributed by atoms with Crippen molar-refractivity contribution < 1.29 is 23.8 Å². The average Bonchev–Trinajstić information content (AvgIpc) is 3.08. The zero-order valence-electron chi connectivity index (χ0n) is 32.5. The van der Waals surface area contributed by atoms with Crippen molar-refractivity contribution in [1.82, 2.24) is 0 Å². The van der Waals surface area contributed by atoms with E-state index in [4.69, 9.17) is 14.2 Å². The van der Waals surface area contributed by atoms with E-state index in [1.165, 1.54) is 141 Å². The minimum atomic E-state index is -0.525. The number of unbranched alkanes of at least 4 members (excludes halogenated alkanes) is 26. The van der Waals surface area contributed by atoms with Crippen molar-refractivity contribution in [3.63, 3.8) is 0 Å². The third-order valence-corrected chi connectivity index (χ3v) is 9.30. The molecule has 284 valence electrons. The molecule has 0 aromatic heterocycles. The SMILES string of the molecule is CCCCCCCC/C=C\CCCCCCCC(=O)OCC(COCCCCCCCC)OC(=O)CCCCCCCCCCCCC. The maximum absolute atomic E-state index is 12.6. The van der Waals surface area contributed by atoms with Crippen molar-refractivity contribution in [2.45, 2.75) is 232 Å². The summed E-state index contributed by atoms with van der Waals surface area (Å²) in [5.41, 5.74) is 0. The van der Waals surface area contributed by atoms with Gasteiger partial charge in [-0.3, -0.25) is 9.59 Å². The first kappa shape index (κ1) is 46.6. The molecule has 0 aliphatic rings. The first-order valence-corrected chi connectivity index (χ1v) is 21.2. The van der Waals surface area contributed by atoms with Gasteiger partial charge in [0.2, 0.25) is 0 Å². The van der Waals surface area contributed by atoms with Crippen LogP contribution in [0, 0.1) is 0 Å². The lowest BCUT2D eigenvalue weighted by Gasteiger charge is -2.18. The van der Waals surface area contributed by atoms with E-state index in [1.807, 2.05) is 0 Å². The lowest BCUT2D eigenvalue weighted by Crippen LogP contribution is -2.30. The second kappa shape index (κ2) is 40.1. The van der Waals surface area contributed by atoms with E-state index < -0.39 is 6.10 Å². The molecule has 48 heavy (non-hydrogen) atoms. The predicted molar refractivity (Wildman–Crippen MR) is 206 cm³/mol. The number of hydrogen-bond donors (Lipinski definition) is 0. The first-order chi connectivity index (χ1) is 23.6. The quantitative estimate of drug-likeness (QED) is 0.0368. The molecule has 0 radical (unpaired) electrons. The van der Waals surface area contributed by atoms with Gasteiger partial charge < -0.3 is 14.2 Å². The van der Waals surface area contributed by atoms with Crippen molar-refractivity contribution in [2.75, 3.05) is 19.8 Å². The van der Waals surface area contributed by atoms with Crippen LogP contribution < -0.4 is 0 Å². The number of allylic oxidation sites excluding steroid dienone is 2. The molecule has 0 fully saturated rings. The van der Waals surface area contributed by atoms with Gasteiger partial charge in [-0.05, 0) is 44.9 Å². The van der Waals surface area contributed by atoms with E-state index in [-0.39, 0.29) is 18.5 Å². The molecule has 1 unspecified atom stereocenters. The molecule has 5 heteroatoms. The van der Waals surface area contributed by atoms with E-state index in [2.05, 4.69) is 32.9 Å². The Morgan fingerprint density at radius 2 is 0.812 bits per heavy atom. The Kier molecular flexibility index (Phi) is 38.9. The molecule has 0 aromatic rings. The van der Waals surface area contributed by atoms with Crippen LogP contribution in [0.1, 0.15) is 226 Å². The van der Waals surface area contributed by atoms with Gasteiger partial charge in [0.05, 0.1) is 6.61 Å². The van der Waals surface area contributed by atoms with Crippen molar-refractivity contribution in [3.8, 4) is 0 Å². The van der Waals surface area contributed by atoms with Gasteiger partial charge in [0.25, 0.3) is 0 Å². The van der Waals surface area contributed by atoms with Crippen LogP contribution in [0.3, 0.4) is 0 Å². The molecule has 0 saturated carbocycles. The van der Waals surface area contributed by atoms with Gasteiger partial charge in [-0.15, -0.1) is 0 Å². The second-order valence-corrected chi connectivity index (χ2v) is 14.3. The summed E-state index contributed by atoms with van der Waals surface area (Å²) in [6.45, 7) is 7.79. The summed E-state index contributed by atoms with van der Waals surface area (Å²) in [5.74, 6) is -0.401. The Morgan fingerprint density at radius 1 is 0.438 bits per heavy atom. The smallest absolute Gasteiger partial charge is 0.306 e. The van der Waals surface area contributed by atoms with E-state index in [9.17, 15) is 9.59 Å². The Balaban J connectivity index is 4.11. The fourth-order valence-electron chi connectivity index (χ4n) is 6.09. The summed E-state index contributed by atoms with van der Waals surface area (Å²) >= 11 is 0. The molecule has 0 N–H and O–H groups in total. The molecular formula is C43H82O5. The van der Waals surface area contributed by atoms with Gasteiger partial charge in [-0.1, -0.05) is 181 Å². The highest BCUT2D eigenvalue weighted by molar-refractivity contribution is 5.70. The minimum absolute atomic E-state index is 0.0877. The van der Waals surface area contributed by atoms with E-state index in [1.54, 1.807) is 0 Å². The lowest BCUT2D eigenvalue weighted by molar-refractivity contribution is -0.163. The number of carbonyl (C=O) groups excluding carboxylic acids is 2. The van der Waals surface area contributed by atoms with Crippen molar-refractivity contribution in [2.24, 2.45) is 0 Å². The third-order valence-electron chi connectivity index (χ3n) is 9.30. The number of esters is 2. The Bertz CT molecular complexity index is 691. The van der Waals surface area contributed by atoms with E-state index in [0.717, 1.165) is 51.4 Å². The van der Waals surface area contributed by atoms with Gasteiger partial charge in [-0.2, -0.15) is 0 Å². The van der Waals surface area contributed by atoms with Crippen LogP contribution in [0.5, 0.6) is 0 Å². The number of rotatable bonds is 39. The van der Waals surface area contributed by atoms with Gasteiger partial charge in [0.15, 0.2) is 6.10 Å². The Labute approximate surface area is 299 Å². The highest BCUT2D eigenvalue weighted by Gasteiger charge is 2.17. The van der Waals surface area contributed by atoms with Crippen molar-refractivity contribution >= 4 is 11.9 Å². The van der Waals surface area contributed by atoms with Crippen molar-refractivity contribution in [1.29, 1.82) is 0 Å². The number of hydrogen-bond acceptors (Lipinski definition) is 5. The first-order valence-electron chi connectivity index (χ1n) is 21.2. The summed E-state index contributed by atoms with van der Waals surface area (Å²) in [6, 6.07) is 0. The summed E-state index contributed by atoms with van der Waals surface area (Å²) in [6.07, 6.45) is 42.1. The van der Waals surface area contributed by atoms with Crippen LogP contribution >= 0.6 is 0 Å². The van der Waals surface area contributed by atoms with Crippen LogP contribution in [0.25, 0.3) is 0 Å². The molecule has 0 rings (SSSR count). The summed E-state index contributed by atoms with van der Waals surface area (Å²) in [7, 11) is 0. The summed E-state index contributed by atoms with van der Waals surface area (Å²) in [4.78, 5) is 25.0.